The molecule has 0 saturated heterocycles. The monoisotopic (exact) mass is 517 g/mol. The lowest BCUT2D eigenvalue weighted by Crippen LogP contribution is -2.40. The van der Waals surface area contributed by atoms with Gasteiger partial charge >= 0.3 is 5.97 Å². The number of carbonyl (C=O) groups is 1. The van der Waals surface area contributed by atoms with Crippen molar-refractivity contribution < 1.29 is 19.0 Å². The Bertz CT molecular complexity index is 1560. The zero-order valence-corrected chi connectivity index (χ0v) is 21.9. The van der Waals surface area contributed by atoms with Crippen molar-refractivity contribution >= 4 is 23.4 Å². The summed E-state index contributed by atoms with van der Waals surface area (Å²) in [5, 5.41) is 8.90. The standard InChI is InChI=1S/C28H27N3O5S/c1-5-34-21-12-10-19(11-13-21)25-24(27(33)36-17(2)3)18(4)30-28-31(25)26(32)23(37-28)16-20-8-6-7-9-22(20)35-15-14-29/h6-13,16-17,25H,5,15H2,1-4H3/b23-16+/t25-/m0/s1. The van der Waals surface area contributed by atoms with Crippen LogP contribution in [-0.4, -0.2) is 29.9 Å². The number of carbonyl (C=O) groups excluding carboxylic acids is 1. The Balaban J connectivity index is 1.90. The highest BCUT2D eigenvalue weighted by atomic mass is 32.1. The van der Waals surface area contributed by atoms with Gasteiger partial charge in [0.25, 0.3) is 5.56 Å². The summed E-state index contributed by atoms with van der Waals surface area (Å²) in [4.78, 5) is 32.1. The van der Waals surface area contributed by atoms with E-state index < -0.39 is 12.0 Å². The van der Waals surface area contributed by atoms with Gasteiger partial charge in [-0.25, -0.2) is 9.79 Å². The van der Waals surface area contributed by atoms with Gasteiger partial charge < -0.3 is 14.2 Å². The van der Waals surface area contributed by atoms with Crippen molar-refractivity contribution in [2.75, 3.05) is 13.2 Å². The summed E-state index contributed by atoms with van der Waals surface area (Å²) in [5.74, 6) is 0.676. The number of hydrogen-bond donors (Lipinski definition) is 0. The molecule has 37 heavy (non-hydrogen) atoms. The van der Waals surface area contributed by atoms with E-state index in [4.69, 9.17) is 19.5 Å². The second kappa shape index (κ2) is 11.3. The number of nitriles is 1. The first-order chi connectivity index (χ1) is 17.8. The van der Waals surface area contributed by atoms with Crippen LogP contribution < -0.4 is 24.4 Å². The summed E-state index contributed by atoms with van der Waals surface area (Å²) in [7, 11) is 0. The normalized spacial score (nSPS) is 15.1. The van der Waals surface area contributed by atoms with Crippen molar-refractivity contribution in [2.45, 2.75) is 39.8 Å². The quantitative estimate of drug-likeness (QED) is 0.424. The molecule has 0 N–H and O–H groups in total. The van der Waals surface area contributed by atoms with Crippen molar-refractivity contribution in [2.24, 2.45) is 4.99 Å². The van der Waals surface area contributed by atoms with Crippen molar-refractivity contribution in [3.63, 3.8) is 0 Å². The highest BCUT2D eigenvalue weighted by Gasteiger charge is 2.33. The largest absolute Gasteiger partial charge is 0.494 e. The summed E-state index contributed by atoms with van der Waals surface area (Å²) in [5.41, 5.74) is 1.92. The first kappa shape index (κ1) is 25.9. The van der Waals surface area contributed by atoms with Gasteiger partial charge in [0, 0.05) is 5.56 Å². The third kappa shape index (κ3) is 5.49. The predicted octanol–water partition coefficient (Wildman–Crippen LogP) is 3.49. The molecular weight excluding hydrogens is 490 g/mol. The van der Waals surface area contributed by atoms with Crippen LogP contribution in [0.1, 0.15) is 44.9 Å². The van der Waals surface area contributed by atoms with E-state index in [1.165, 1.54) is 15.9 Å². The van der Waals surface area contributed by atoms with Gasteiger partial charge in [0.1, 0.15) is 17.6 Å². The van der Waals surface area contributed by atoms with Crippen LogP contribution in [0.3, 0.4) is 0 Å². The van der Waals surface area contributed by atoms with Crippen LogP contribution in [0.15, 0.2) is 69.6 Å². The number of benzene rings is 2. The fourth-order valence-electron chi connectivity index (χ4n) is 4.07. The molecule has 9 heteroatoms. The maximum Gasteiger partial charge on any atom is 0.338 e. The number of allylic oxidation sites excluding steroid dienone is 1. The number of hydrogen-bond acceptors (Lipinski definition) is 8. The predicted molar refractivity (Wildman–Crippen MR) is 140 cm³/mol. The molecule has 0 unspecified atom stereocenters. The van der Waals surface area contributed by atoms with E-state index in [0.717, 1.165) is 5.56 Å². The second-order valence-corrected chi connectivity index (χ2v) is 9.53. The van der Waals surface area contributed by atoms with Gasteiger partial charge in [-0.2, -0.15) is 5.26 Å². The number of rotatable bonds is 8. The number of aromatic nitrogens is 1. The van der Waals surface area contributed by atoms with Crippen LogP contribution in [0.4, 0.5) is 0 Å². The third-order valence-corrected chi connectivity index (χ3v) is 6.57. The summed E-state index contributed by atoms with van der Waals surface area (Å²) in [6.45, 7) is 7.63. The molecule has 0 spiro atoms. The van der Waals surface area contributed by atoms with Gasteiger partial charge in [-0.15, -0.1) is 0 Å². The summed E-state index contributed by atoms with van der Waals surface area (Å²) in [6, 6.07) is 15.7. The van der Waals surface area contributed by atoms with Crippen LogP contribution in [0.2, 0.25) is 0 Å². The molecule has 1 aromatic heterocycles. The van der Waals surface area contributed by atoms with Gasteiger partial charge in [0.15, 0.2) is 11.4 Å². The molecule has 2 heterocycles. The van der Waals surface area contributed by atoms with Gasteiger partial charge in [-0.05, 0) is 57.5 Å². The number of fused-ring (bicyclic) bond motifs is 1. The van der Waals surface area contributed by atoms with Crippen LogP contribution in [0.25, 0.3) is 6.08 Å². The highest BCUT2D eigenvalue weighted by Crippen LogP contribution is 2.32. The lowest BCUT2D eigenvalue weighted by Gasteiger charge is -2.25. The molecule has 0 radical (unpaired) electrons. The first-order valence-electron chi connectivity index (χ1n) is 11.9. The van der Waals surface area contributed by atoms with E-state index >= 15 is 0 Å². The number of esters is 1. The number of nitrogens with zero attached hydrogens (tertiary/aromatic N) is 3. The Morgan fingerprint density at radius 1 is 1.19 bits per heavy atom. The van der Waals surface area contributed by atoms with Crippen molar-refractivity contribution in [1.82, 2.24) is 4.57 Å². The maximum atomic E-state index is 13.8. The molecule has 0 amide bonds. The molecule has 0 fully saturated rings. The fraction of sp³-hybridized carbons (Fsp3) is 0.286. The SMILES string of the molecule is CCOc1ccc([C@H]2C(C(=O)OC(C)C)=C(C)N=c3s/c(=C/c4ccccc4OCC#N)c(=O)n32)cc1. The summed E-state index contributed by atoms with van der Waals surface area (Å²) in [6.07, 6.45) is 1.39. The van der Waals surface area contributed by atoms with E-state index in [-0.39, 0.29) is 18.3 Å². The molecule has 0 saturated carbocycles. The first-order valence-corrected chi connectivity index (χ1v) is 12.7. The van der Waals surface area contributed by atoms with Gasteiger partial charge in [0.2, 0.25) is 0 Å². The minimum absolute atomic E-state index is 0.107. The average Bonchev–Trinajstić information content (AvgIpc) is 3.17. The molecule has 4 rings (SSSR count). The van der Waals surface area contributed by atoms with E-state index in [0.29, 0.717) is 44.3 Å². The molecule has 0 bridgehead atoms. The lowest BCUT2D eigenvalue weighted by atomic mass is 9.96. The molecule has 8 nitrogen and oxygen atoms in total. The molecule has 2 aromatic carbocycles. The molecule has 3 aromatic rings. The Kier molecular flexibility index (Phi) is 7.89. The Labute approximate surface area is 218 Å². The summed E-state index contributed by atoms with van der Waals surface area (Å²) >= 11 is 1.23. The van der Waals surface area contributed by atoms with E-state index in [1.807, 2.05) is 49.4 Å². The van der Waals surface area contributed by atoms with E-state index in [9.17, 15) is 9.59 Å². The van der Waals surface area contributed by atoms with Crippen LogP contribution >= 0.6 is 11.3 Å². The van der Waals surface area contributed by atoms with Crippen LogP contribution in [-0.2, 0) is 9.53 Å². The van der Waals surface area contributed by atoms with Gasteiger partial charge in [-0.3, -0.25) is 9.36 Å². The minimum Gasteiger partial charge on any atom is -0.494 e. The smallest absolute Gasteiger partial charge is 0.338 e. The summed E-state index contributed by atoms with van der Waals surface area (Å²) < 4.78 is 18.6. The topological polar surface area (TPSA) is 103 Å². The van der Waals surface area contributed by atoms with Gasteiger partial charge in [-0.1, -0.05) is 41.7 Å². The molecule has 190 valence electrons. The number of ether oxygens (including phenoxy) is 3. The van der Waals surface area contributed by atoms with Crippen LogP contribution in [0, 0.1) is 11.3 Å². The molecular formula is C28H27N3O5S. The second-order valence-electron chi connectivity index (χ2n) is 8.52. The maximum absolute atomic E-state index is 13.8. The number of thiazole rings is 1. The Morgan fingerprint density at radius 2 is 1.92 bits per heavy atom. The van der Waals surface area contributed by atoms with Crippen molar-refractivity contribution in [3.8, 4) is 17.6 Å². The fourth-order valence-corrected chi connectivity index (χ4v) is 5.11. The number of para-hydroxylation sites is 1. The lowest BCUT2D eigenvalue weighted by molar-refractivity contribution is -0.143. The average molecular weight is 518 g/mol. The molecule has 1 atom stereocenters. The highest BCUT2D eigenvalue weighted by molar-refractivity contribution is 7.07. The molecule has 0 aliphatic carbocycles. The van der Waals surface area contributed by atoms with E-state index in [2.05, 4.69) is 4.99 Å². The van der Waals surface area contributed by atoms with Crippen molar-refractivity contribution in [1.29, 1.82) is 5.26 Å². The zero-order chi connectivity index (χ0) is 26.5. The Hall–Kier alpha value is -4.16. The van der Waals surface area contributed by atoms with Crippen molar-refractivity contribution in [3.05, 3.63) is 90.6 Å². The molecule has 1 aliphatic rings. The third-order valence-electron chi connectivity index (χ3n) is 5.59. The van der Waals surface area contributed by atoms with Gasteiger partial charge in [0.05, 0.1) is 34.6 Å². The minimum atomic E-state index is -0.717. The van der Waals surface area contributed by atoms with Crippen LogP contribution in [0.5, 0.6) is 11.5 Å². The Morgan fingerprint density at radius 3 is 2.59 bits per heavy atom. The van der Waals surface area contributed by atoms with E-state index in [1.54, 1.807) is 39.0 Å². The zero-order valence-electron chi connectivity index (χ0n) is 21.1. The molecule has 1 aliphatic heterocycles.